The molecule has 1 aromatic rings. The lowest BCUT2D eigenvalue weighted by Crippen LogP contribution is -2.47. The summed E-state index contributed by atoms with van der Waals surface area (Å²) >= 11 is 0. The summed E-state index contributed by atoms with van der Waals surface area (Å²) in [7, 11) is 0. The minimum absolute atomic E-state index is 0.158. The second-order valence-corrected chi connectivity index (χ2v) is 5.14. The van der Waals surface area contributed by atoms with Crippen LogP contribution in [0.4, 0.5) is 10.1 Å². The summed E-state index contributed by atoms with van der Waals surface area (Å²) in [4.78, 5) is 2.20. The van der Waals surface area contributed by atoms with Crippen LogP contribution in [0.2, 0.25) is 0 Å². The fraction of sp³-hybridized carbons (Fsp3) is 0.538. The molecular weight excluding hydrogens is 219 g/mol. The van der Waals surface area contributed by atoms with Crippen molar-refractivity contribution in [1.29, 1.82) is 0 Å². The van der Waals surface area contributed by atoms with Crippen LogP contribution in [0.15, 0.2) is 18.2 Å². The highest BCUT2D eigenvalue weighted by Gasteiger charge is 2.27. The molecule has 0 radical (unpaired) electrons. The van der Waals surface area contributed by atoms with E-state index in [1.54, 1.807) is 18.2 Å². The highest BCUT2D eigenvalue weighted by molar-refractivity contribution is 5.42. The topological polar surface area (TPSA) is 38.5 Å². The zero-order valence-corrected chi connectivity index (χ0v) is 10.4. The minimum Gasteiger partial charge on any atom is -0.396 e. The Labute approximate surface area is 101 Å². The molecule has 2 N–H and O–H groups in total. The van der Waals surface area contributed by atoms with Gasteiger partial charge in [0.1, 0.15) is 0 Å². The average Bonchev–Trinajstić information content (AvgIpc) is 2.23. The maximum atomic E-state index is 13.8. The van der Waals surface area contributed by atoms with E-state index in [2.05, 4.69) is 18.7 Å². The zero-order valence-electron chi connectivity index (χ0n) is 10.4. The molecule has 0 aromatic heterocycles. The first kappa shape index (κ1) is 12.3. The van der Waals surface area contributed by atoms with Gasteiger partial charge in [-0.15, -0.1) is 0 Å². The van der Waals surface area contributed by atoms with Gasteiger partial charge in [0.15, 0.2) is 5.82 Å². The molecule has 4 heteroatoms. The number of nitrogens with two attached hydrogens (primary N) is 1. The number of halogens is 1. The van der Waals surface area contributed by atoms with Gasteiger partial charge in [-0.3, -0.25) is 4.90 Å². The van der Waals surface area contributed by atoms with Gasteiger partial charge in [0.2, 0.25) is 0 Å². The molecule has 1 aliphatic rings. The largest absolute Gasteiger partial charge is 0.396 e. The van der Waals surface area contributed by atoms with Crippen LogP contribution in [0.25, 0.3) is 0 Å². The van der Waals surface area contributed by atoms with Crippen LogP contribution in [-0.2, 0) is 11.3 Å². The van der Waals surface area contributed by atoms with Crippen molar-refractivity contribution in [2.75, 3.05) is 25.4 Å². The summed E-state index contributed by atoms with van der Waals surface area (Å²) in [6.45, 7) is 7.02. The van der Waals surface area contributed by atoms with Crippen LogP contribution in [0, 0.1) is 5.82 Å². The number of ether oxygens (including phenoxy) is 1. The Morgan fingerprint density at radius 2 is 2.24 bits per heavy atom. The van der Waals surface area contributed by atoms with E-state index in [4.69, 9.17) is 10.5 Å². The van der Waals surface area contributed by atoms with E-state index in [1.165, 1.54) is 0 Å². The molecule has 1 aliphatic heterocycles. The Bertz CT molecular complexity index is 406. The van der Waals surface area contributed by atoms with Crippen LogP contribution >= 0.6 is 0 Å². The van der Waals surface area contributed by atoms with Crippen LogP contribution in [0.3, 0.4) is 0 Å². The molecule has 1 saturated heterocycles. The molecule has 1 heterocycles. The van der Waals surface area contributed by atoms with Gasteiger partial charge in [0.25, 0.3) is 0 Å². The number of nitrogen functional groups attached to an aromatic ring is 1. The van der Waals surface area contributed by atoms with Crippen molar-refractivity contribution in [2.45, 2.75) is 26.0 Å². The molecule has 0 saturated carbocycles. The monoisotopic (exact) mass is 238 g/mol. The quantitative estimate of drug-likeness (QED) is 0.801. The van der Waals surface area contributed by atoms with Gasteiger partial charge in [-0.05, 0) is 19.9 Å². The lowest BCUT2D eigenvalue weighted by Gasteiger charge is -2.38. The first-order valence-electron chi connectivity index (χ1n) is 5.87. The lowest BCUT2D eigenvalue weighted by molar-refractivity contribution is -0.0884. The van der Waals surface area contributed by atoms with E-state index in [-0.39, 0.29) is 17.1 Å². The van der Waals surface area contributed by atoms with Crippen molar-refractivity contribution < 1.29 is 9.13 Å². The van der Waals surface area contributed by atoms with Gasteiger partial charge in [0, 0.05) is 25.2 Å². The van der Waals surface area contributed by atoms with Gasteiger partial charge in [-0.2, -0.15) is 0 Å². The van der Waals surface area contributed by atoms with Gasteiger partial charge >= 0.3 is 0 Å². The smallest absolute Gasteiger partial charge is 0.150 e. The number of hydrogen-bond acceptors (Lipinski definition) is 3. The Morgan fingerprint density at radius 1 is 1.47 bits per heavy atom. The fourth-order valence-corrected chi connectivity index (χ4v) is 2.21. The maximum absolute atomic E-state index is 13.8. The lowest BCUT2D eigenvalue weighted by atomic mass is 10.1. The van der Waals surface area contributed by atoms with Crippen molar-refractivity contribution in [3.63, 3.8) is 0 Å². The maximum Gasteiger partial charge on any atom is 0.150 e. The van der Waals surface area contributed by atoms with Crippen LogP contribution in [0.5, 0.6) is 0 Å². The predicted molar refractivity (Wildman–Crippen MR) is 66.1 cm³/mol. The number of rotatable bonds is 2. The Kier molecular flexibility index (Phi) is 3.35. The molecule has 94 valence electrons. The van der Waals surface area contributed by atoms with Gasteiger partial charge < -0.3 is 10.5 Å². The van der Waals surface area contributed by atoms with Crippen molar-refractivity contribution in [2.24, 2.45) is 0 Å². The number of anilines is 1. The molecule has 1 aromatic carbocycles. The first-order valence-corrected chi connectivity index (χ1v) is 5.87. The Balaban J connectivity index is 2.08. The van der Waals surface area contributed by atoms with Crippen LogP contribution in [-0.4, -0.2) is 30.2 Å². The van der Waals surface area contributed by atoms with E-state index in [0.29, 0.717) is 18.7 Å². The van der Waals surface area contributed by atoms with Crippen molar-refractivity contribution in [1.82, 2.24) is 4.90 Å². The second kappa shape index (κ2) is 4.63. The van der Waals surface area contributed by atoms with E-state index in [1.807, 2.05) is 0 Å². The third-order valence-electron chi connectivity index (χ3n) is 3.01. The van der Waals surface area contributed by atoms with E-state index >= 15 is 0 Å². The SMILES string of the molecule is CC1(C)CN(Cc2cccc(N)c2F)CCO1. The third-order valence-corrected chi connectivity index (χ3v) is 3.01. The molecule has 3 nitrogen and oxygen atoms in total. The first-order chi connectivity index (χ1) is 7.98. The average molecular weight is 238 g/mol. The summed E-state index contributed by atoms with van der Waals surface area (Å²) in [5.74, 6) is -0.295. The normalized spacial score (nSPS) is 20.4. The molecule has 0 bridgehead atoms. The van der Waals surface area contributed by atoms with Gasteiger partial charge in [-0.1, -0.05) is 12.1 Å². The van der Waals surface area contributed by atoms with E-state index in [9.17, 15) is 4.39 Å². The Hall–Kier alpha value is -1.13. The molecule has 17 heavy (non-hydrogen) atoms. The molecule has 0 atom stereocenters. The van der Waals surface area contributed by atoms with E-state index in [0.717, 1.165) is 13.1 Å². The van der Waals surface area contributed by atoms with E-state index < -0.39 is 0 Å². The molecular formula is C13H19FN2O. The highest BCUT2D eigenvalue weighted by atomic mass is 19.1. The predicted octanol–water partition coefficient (Wildman–Crippen LogP) is 2.02. The minimum atomic E-state index is -0.295. The fourth-order valence-electron chi connectivity index (χ4n) is 2.21. The Morgan fingerprint density at radius 3 is 2.94 bits per heavy atom. The summed E-state index contributed by atoms with van der Waals surface area (Å²) < 4.78 is 19.4. The standard InChI is InChI=1S/C13H19FN2O/c1-13(2)9-16(6-7-17-13)8-10-4-3-5-11(15)12(10)14/h3-5H,6-9,15H2,1-2H3. The molecule has 0 amide bonds. The number of morpholine rings is 1. The van der Waals surface area contributed by atoms with Crippen LogP contribution < -0.4 is 5.73 Å². The highest BCUT2D eigenvalue weighted by Crippen LogP contribution is 2.21. The third kappa shape index (κ3) is 2.96. The van der Waals surface area contributed by atoms with Crippen molar-refractivity contribution >= 4 is 5.69 Å². The number of hydrogen-bond donors (Lipinski definition) is 1. The van der Waals surface area contributed by atoms with Crippen molar-refractivity contribution in [3.05, 3.63) is 29.6 Å². The van der Waals surface area contributed by atoms with Gasteiger partial charge in [0.05, 0.1) is 17.9 Å². The van der Waals surface area contributed by atoms with Crippen LogP contribution in [0.1, 0.15) is 19.4 Å². The molecule has 0 aliphatic carbocycles. The molecule has 2 rings (SSSR count). The number of nitrogens with zero attached hydrogens (tertiary/aromatic N) is 1. The summed E-state index contributed by atoms with van der Waals surface area (Å²) in [5.41, 5.74) is 6.28. The molecule has 0 unspecified atom stereocenters. The van der Waals surface area contributed by atoms with Gasteiger partial charge in [-0.25, -0.2) is 4.39 Å². The number of benzene rings is 1. The van der Waals surface area contributed by atoms with Crippen molar-refractivity contribution in [3.8, 4) is 0 Å². The second-order valence-electron chi connectivity index (χ2n) is 5.14. The summed E-state index contributed by atoms with van der Waals surface area (Å²) in [6, 6.07) is 5.16. The molecule has 1 fully saturated rings. The molecule has 0 spiro atoms. The zero-order chi connectivity index (χ0) is 12.5. The summed E-state index contributed by atoms with van der Waals surface area (Å²) in [6.07, 6.45) is 0. The summed E-state index contributed by atoms with van der Waals surface area (Å²) in [5, 5.41) is 0.